The molecular weight excluding hydrogens is 424 g/mol. The van der Waals surface area contributed by atoms with E-state index in [9.17, 15) is 9.59 Å². The first-order valence-electron chi connectivity index (χ1n) is 11.3. The fraction of sp³-hybridized carbons (Fsp3) is 0.542. The molecule has 3 rings (SSSR count). The van der Waals surface area contributed by atoms with Gasteiger partial charge in [-0.25, -0.2) is 0 Å². The summed E-state index contributed by atoms with van der Waals surface area (Å²) in [6, 6.07) is 6.93. The van der Waals surface area contributed by atoms with Gasteiger partial charge < -0.3 is 28.7 Å². The first-order chi connectivity index (χ1) is 15.8. The standard InChI is InChI=1S/C24H34N4O5/c1-17(2)16-28(9-8-23(29)27-12-10-26(3)11-13-27)24(30)20-15-22(33-25-20)19-14-18(31-4)6-7-21(19)32-5/h6-7,14-15,17H,8-13,16H2,1-5H3. The molecule has 9 heteroatoms. The highest BCUT2D eigenvalue weighted by atomic mass is 16.5. The second kappa shape index (κ2) is 11.2. The molecule has 0 bridgehead atoms. The Morgan fingerprint density at radius 2 is 1.85 bits per heavy atom. The molecule has 1 aliphatic heterocycles. The predicted molar refractivity (Wildman–Crippen MR) is 124 cm³/mol. The lowest BCUT2D eigenvalue weighted by atomic mass is 10.1. The van der Waals surface area contributed by atoms with E-state index in [4.69, 9.17) is 14.0 Å². The van der Waals surface area contributed by atoms with E-state index < -0.39 is 0 Å². The highest BCUT2D eigenvalue weighted by molar-refractivity contribution is 5.93. The Hall–Kier alpha value is -3.07. The van der Waals surface area contributed by atoms with Crippen molar-refractivity contribution in [3.8, 4) is 22.8 Å². The van der Waals surface area contributed by atoms with Crippen molar-refractivity contribution in [3.63, 3.8) is 0 Å². The fourth-order valence-electron chi connectivity index (χ4n) is 3.83. The van der Waals surface area contributed by atoms with Crippen LogP contribution in [0.25, 0.3) is 11.3 Å². The number of methoxy groups -OCH3 is 2. The van der Waals surface area contributed by atoms with Crippen LogP contribution in [0.2, 0.25) is 0 Å². The van der Waals surface area contributed by atoms with E-state index in [2.05, 4.69) is 17.1 Å². The third-order valence-corrected chi connectivity index (χ3v) is 5.73. The number of benzene rings is 1. The molecule has 1 saturated heterocycles. The quantitative estimate of drug-likeness (QED) is 0.571. The van der Waals surface area contributed by atoms with Crippen LogP contribution in [0.3, 0.4) is 0 Å². The molecule has 0 radical (unpaired) electrons. The van der Waals surface area contributed by atoms with Gasteiger partial charge in [0, 0.05) is 51.8 Å². The van der Waals surface area contributed by atoms with E-state index >= 15 is 0 Å². The highest BCUT2D eigenvalue weighted by Gasteiger charge is 2.25. The number of carbonyl (C=O) groups is 2. The maximum atomic E-state index is 13.3. The van der Waals surface area contributed by atoms with Gasteiger partial charge >= 0.3 is 0 Å². The molecular formula is C24H34N4O5. The Labute approximate surface area is 195 Å². The smallest absolute Gasteiger partial charge is 0.276 e. The van der Waals surface area contributed by atoms with Gasteiger partial charge in [0.15, 0.2) is 11.5 Å². The highest BCUT2D eigenvalue weighted by Crippen LogP contribution is 2.34. The summed E-state index contributed by atoms with van der Waals surface area (Å²) in [6.07, 6.45) is 0.288. The monoisotopic (exact) mass is 458 g/mol. The molecule has 2 aromatic rings. The zero-order valence-electron chi connectivity index (χ0n) is 20.2. The second-order valence-corrected chi connectivity index (χ2v) is 8.72. The SMILES string of the molecule is COc1ccc(OC)c(-c2cc(C(=O)N(CCC(=O)N3CCN(C)CC3)CC(C)C)no2)c1. The number of rotatable bonds is 9. The summed E-state index contributed by atoms with van der Waals surface area (Å²) >= 11 is 0. The first-order valence-corrected chi connectivity index (χ1v) is 11.3. The zero-order chi connectivity index (χ0) is 24.0. The van der Waals surface area contributed by atoms with Crippen molar-refractivity contribution in [2.45, 2.75) is 20.3 Å². The number of nitrogens with zero attached hydrogens (tertiary/aromatic N) is 4. The maximum absolute atomic E-state index is 13.3. The van der Waals surface area contributed by atoms with Crippen molar-refractivity contribution >= 4 is 11.8 Å². The van der Waals surface area contributed by atoms with Crippen LogP contribution in [0, 0.1) is 5.92 Å². The topological polar surface area (TPSA) is 88.4 Å². The molecule has 0 saturated carbocycles. The summed E-state index contributed by atoms with van der Waals surface area (Å²) in [5, 5.41) is 4.01. The molecule has 2 heterocycles. The van der Waals surface area contributed by atoms with Crippen molar-refractivity contribution in [2.75, 3.05) is 60.5 Å². The minimum Gasteiger partial charge on any atom is -0.497 e. The normalized spacial score (nSPS) is 14.4. The lowest BCUT2D eigenvalue weighted by Gasteiger charge is -2.33. The van der Waals surface area contributed by atoms with Crippen LogP contribution in [0.4, 0.5) is 0 Å². The number of ether oxygens (including phenoxy) is 2. The summed E-state index contributed by atoms with van der Waals surface area (Å²) in [6.45, 7) is 8.14. The summed E-state index contributed by atoms with van der Waals surface area (Å²) in [5.74, 6) is 1.70. The van der Waals surface area contributed by atoms with E-state index in [0.29, 0.717) is 35.9 Å². The Bertz CT molecular complexity index is 950. The average molecular weight is 459 g/mol. The van der Waals surface area contributed by atoms with Crippen molar-refractivity contribution < 1.29 is 23.6 Å². The summed E-state index contributed by atoms with van der Waals surface area (Å²) in [5.41, 5.74) is 0.839. The van der Waals surface area contributed by atoms with Crippen molar-refractivity contribution in [1.29, 1.82) is 0 Å². The number of piperazine rings is 1. The number of hydrogen-bond acceptors (Lipinski definition) is 7. The van der Waals surface area contributed by atoms with Gasteiger partial charge in [-0.3, -0.25) is 9.59 Å². The molecule has 1 aliphatic rings. The molecule has 0 spiro atoms. The third kappa shape index (κ3) is 6.25. The van der Waals surface area contributed by atoms with E-state index in [1.54, 1.807) is 43.4 Å². The van der Waals surface area contributed by atoms with Crippen LogP contribution in [0.15, 0.2) is 28.8 Å². The van der Waals surface area contributed by atoms with Crippen LogP contribution in [0.1, 0.15) is 30.8 Å². The number of carbonyl (C=O) groups excluding carboxylic acids is 2. The third-order valence-electron chi connectivity index (χ3n) is 5.73. The van der Waals surface area contributed by atoms with Crippen molar-refractivity contribution in [2.24, 2.45) is 5.92 Å². The van der Waals surface area contributed by atoms with Gasteiger partial charge in [-0.15, -0.1) is 0 Å². The van der Waals surface area contributed by atoms with Crippen LogP contribution in [-0.4, -0.2) is 92.2 Å². The Kier molecular flexibility index (Phi) is 8.32. The lowest BCUT2D eigenvalue weighted by molar-refractivity contribution is -0.133. The van der Waals surface area contributed by atoms with Gasteiger partial charge in [-0.2, -0.15) is 0 Å². The number of aromatic nitrogens is 1. The van der Waals surface area contributed by atoms with Crippen LogP contribution >= 0.6 is 0 Å². The molecule has 0 atom stereocenters. The molecule has 9 nitrogen and oxygen atoms in total. The first kappa shape index (κ1) is 24.6. The molecule has 1 aromatic carbocycles. The number of hydrogen-bond donors (Lipinski definition) is 0. The average Bonchev–Trinajstić information content (AvgIpc) is 3.31. The van der Waals surface area contributed by atoms with Gasteiger partial charge in [0.05, 0.1) is 19.8 Å². The molecule has 0 unspecified atom stereocenters. The molecule has 1 aromatic heterocycles. The molecule has 0 aliphatic carbocycles. The number of amides is 2. The van der Waals surface area contributed by atoms with Crippen LogP contribution in [0.5, 0.6) is 11.5 Å². The van der Waals surface area contributed by atoms with E-state index in [1.807, 2.05) is 18.7 Å². The summed E-state index contributed by atoms with van der Waals surface area (Å²) < 4.78 is 16.2. The molecule has 0 N–H and O–H groups in total. The van der Waals surface area contributed by atoms with E-state index in [0.717, 1.165) is 26.2 Å². The van der Waals surface area contributed by atoms with Crippen molar-refractivity contribution in [1.82, 2.24) is 19.9 Å². The minimum absolute atomic E-state index is 0.0756. The second-order valence-electron chi connectivity index (χ2n) is 8.72. The molecule has 33 heavy (non-hydrogen) atoms. The number of likely N-dealkylation sites (N-methyl/N-ethyl adjacent to an activating group) is 1. The Morgan fingerprint density at radius 3 is 2.48 bits per heavy atom. The van der Waals surface area contributed by atoms with Gasteiger partial charge in [-0.05, 0) is 31.2 Å². The summed E-state index contributed by atoms with van der Waals surface area (Å²) in [7, 11) is 5.20. The van der Waals surface area contributed by atoms with Gasteiger partial charge in [0.2, 0.25) is 5.91 Å². The molecule has 180 valence electrons. The molecule has 2 amide bonds. The molecule has 1 fully saturated rings. The van der Waals surface area contributed by atoms with Gasteiger partial charge in [-0.1, -0.05) is 19.0 Å². The van der Waals surface area contributed by atoms with Crippen LogP contribution in [-0.2, 0) is 4.79 Å². The van der Waals surface area contributed by atoms with E-state index in [-0.39, 0.29) is 29.8 Å². The Balaban J connectivity index is 1.72. The summed E-state index contributed by atoms with van der Waals surface area (Å²) in [4.78, 5) is 31.7. The van der Waals surface area contributed by atoms with Gasteiger partial charge in [0.25, 0.3) is 5.91 Å². The lowest BCUT2D eigenvalue weighted by Crippen LogP contribution is -2.48. The van der Waals surface area contributed by atoms with Gasteiger partial charge in [0.1, 0.15) is 11.5 Å². The van der Waals surface area contributed by atoms with Crippen LogP contribution < -0.4 is 9.47 Å². The Morgan fingerprint density at radius 1 is 1.12 bits per heavy atom. The predicted octanol–water partition coefficient (Wildman–Crippen LogP) is 2.62. The van der Waals surface area contributed by atoms with Crippen molar-refractivity contribution in [3.05, 3.63) is 30.0 Å². The maximum Gasteiger partial charge on any atom is 0.276 e. The minimum atomic E-state index is -0.258. The zero-order valence-corrected chi connectivity index (χ0v) is 20.2. The largest absolute Gasteiger partial charge is 0.497 e. The van der Waals surface area contributed by atoms with E-state index in [1.165, 1.54) is 0 Å². The fourth-order valence-corrected chi connectivity index (χ4v) is 3.83.